The van der Waals surface area contributed by atoms with E-state index in [1.165, 1.54) is 48.5 Å². The molecule has 7 rings (SSSR count). The molecule has 27 heavy (non-hydrogen) atoms. The van der Waals surface area contributed by atoms with Crippen molar-refractivity contribution >= 4 is 53.9 Å². The fourth-order valence-corrected chi connectivity index (χ4v) is 5.07. The summed E-state index contributed by atoms with van der Waals surface area (Å²) < 4.78 is 14.7. The maximum Gasteiger partial charge on any atom is 0.131 e. The second-order valence-corrected chi connectivity index (χ2v) is 7.48. The van der Waals surface area contributed by atoms with E-state index in [4.69, 9.17) is 0 Å². The lowest BCUT2D eigenvalue weighted by molar-refractivity contribution is 0.631. The van der Waals surface area contributed by atoms with E-state index in [0.29, 0.717) is 5.56 Å². The summed E-state index contributed by atoms with van der Waals surface area (Å²) in [5.41, 5.74) is 1.64. The molecule has 0 saturated heterocycles. The normalized spacial score (nSPS) is 12.6. The molecule has 0 amide bonds. The van der Waals surface area contributed by atoms with Crippen molar-refractivity contribution in [2.24, 2.45) is 0 Å². The van der Waals surface area contributed by atoms with Crippen molar-refractivity contribution in [2.75, 3.05) is 0 Å². The number of halogens is 1. The molecule has 0 unspecified atom stereocenters. The Balaban J connectivity index is 1.86. The Bertz CT molecular complexity index is 1580. The Morgan fingerprint density at radius 2 is 0.963 bits per heavy atom. The van der Waals surface area contributed by atoms with Crippen LogP contribution in [0.5, 0.6) is 0 Å². The van der Waals surface area contributed by atoms with Crippen molar-refractivity contribution in [3.63, 3.8) is 0 Å². The number of hydrogen-bond donors (Lipinski definition) is 0. The van der Waals surface area contributed by atoms with Crippen LogP contribution in [0, 0.1) is 5.82 Å². The Kier molecular flexibility index (Phi) is 2.26. The smallest absolute Gasteiger partial charge is 0.131 e. The summed E-state index contributed by atoms with van der Waals surface area (Å²) in [5.74, 6) is -0.172. The van der Waals surface area contributed by atoms with E-state index in [9.17, 15) is 4.39 Å². The molecule has 0 spiro atoms. The van der Waals surface area contributed by atoms with Crippen molar-refractivity contribution in [1.82, 2.24) is 0 Å². The van der Waals surface area contributed by atoms with Crippen LogP contribution >= 0.6 is 0 Å². The Hall–Kier alpha value is -3.45. The Morgan fingerprint density at radius 3 is 1.63 bits per heavy atom. The molecule has 1 heteroatoms. The van der Waals surface area contributed by atoms with Crippen molar-refractivity contribution in [1.29, 1.82) is 0 Å². The van der Waals surface area contributed by atoms with Crippen molar-refractivity contribution in [2.45, 2.75) is 0 Å². The van der Waals surface area contributed by atoms with E-state index in [1.807, 2.05) is 12.1 Å². The molecule has 124 valence electrons. The highest BCUT2D eigenvalue weighted by Gasteiger charge is 2.22. The van der Waals surface area contributed by atoms with Gasteiger partial charge in [0.1, 0.15) is 5.82 Å². The molecular formula is C26H13F. The second kappa shape index (κ2) is 4.44. The topological polar surface area (TPSA) is 0 Å². The molecule has 0 aliphatic heterocycles. The van der Waals surface area contributed by atoms with Gasteiger partial charge in [0, 0.05) is 5.56 Å². The van der Waals surface area contributed by atoms with Gasteiger partial charge in [0.25, 0.3) is 0 Å². The van der Waals surface area contributed by atoms with Gasteiger partial charge in [-0.1, -0.05) is 66.7 Å². The van der Waals surface area contributed by atoms with Crippen LogP contribution in [0.3, 0.4) is 0 Å². The summed E-state index contributed by atoms with van der Waals surface area (Å²) in [6, 6.07) is 26.8. The molecule has 7 aromatic carbocycles. The van der Waals surface area contributed by atoms with Gasteiger partial charge < -0.3 is 0 Å². The minimum atomic E-state index is -0.172. The summed E-state index contributed by atoms with van der Waals surface area (Å²) in [6.45, 7) is 0. The van der Waals surface area contributed by atoms with Crippen molar-refractivity contribution in [3.05, 3.63) is 84.7 Å². The molecule has 0 bridgehead atoms. The molecule has 0 fully saturated rings. The molecule has 0 aromatic heterocycles. The zero-order chi connectivity index (χ0) is 17.7. The third-order valence-corrected chi connectivity index (χ3v) is 6.18. The third kappa shape index (κ3) is 1.50. The summed E-state index contributed by atoms with van der Waals surface area (Å²) in [4.78, 5) is 0. The van der Waals surface area contributed by atoms with E-state index in [0.717, 1.165) is 10.9 Å². The molecular weight excluding hydrogens is 331 g/mol. The van der Waals surface area contributed by atoms with E-state index >= 15 is 0 Å². The van der Waals surface area contributed by atoms with Crippen LogP contribution in [0.1, 0.15) is 0 Å². The van der Waals surface area contributed by atoms with Gasteiger partial charge in [0.15, 0.2) is 0 Å². The Morgan fingerprint density at radius 1 is 0.444 bits per heavy atom. The molecule has 0 saturated carbocycles. The van der Waals surface area contributed by atoms with Crippen LogP contribution in [0.25, 0.3) is 65.0 Å². The third-order valence-electron chi connectivity index (χ3n) is 6.18. The first kappa shape index (κ1) is 13.7. The fraction of sp³-hybridized carbons (Fsp3) is 0. The lowest BCUT2D eigenvalue weighted by atomic mass is 9.92. The van der Waals surface area contributed by atoms with E-state index < -0.39 is 0 Å². The van der Waals surface area contributed by atoms with E-state index in [-0.39, 0.29) is 5.82 Å². The van der Waals surface area contributed by atoms with Crippen molar-refractivity contribution in [3.8, 4) is 11.1 Å². The fourth-order valence-electron chi connectivity index (χ4n) is 5.07. The van der Waals surface area contributed by atoms with Gasteiger partial charge in [0.05, 0.1) is 0 Å². The SMILES string of the molecule is Fc1ccccc1-c1cc2ccc3ccc4ccc5ccc1c1c5c4c3c21. The number of rotatable bonds is 1. The van der Waals surface area contributed by atoms with Crippen LogP contribution in [0.4, 0.5) is 4.39 Å². The highest BCUT2D eigenvalue weighted by atomic mass is 19.1. The first-order valence-corrected chi connectivity index (χ1v) is 9.24. The summed E-state index contributed by atoms with van der Waals surface area (Å²) in [5, 5.41) is 12.7. The first-order valence-electron chi connectivity index (χ1n) is 9.24. The average molecular weight is 344 g/mol. The molecule has 0 atom stereocenters. The van der Waals surface area contributed by atoms with Gasteiger partial charge in [-0.05, 0) is 71.6 Å². The number of hydrogen-bond acceptors (Lipinski definition) is 0. The van der Waals surface area contributed by atoms with Crippen LogP contribution in [0.2, 0.25) is 0 Å². The van der Waals surface area contributed by atoms with Gasteiger partial charge in [-0.3, -0.25) is 0 Å². The zero-order valence-electron chi connectivity index (χ0n) is 14.4. The average Bonchev–Trinajstić information content (AvgIpc) is 3.08. The van der Waals surface area contributed by atoms with Crippen LogP contribution in [0.15, 0.2) is 78.9 Å². The highest BCUT2D eigenvalue weighted by Crippen LogP contribution is 2.50. The van der Waals surface area contributed by atoms with Crippen LogP contribution < -0.4 is 0 Å². The zero-order valence-corrected chi connectivity index (χ0v) is 14.4. The molecule has 0 nitrogen and oxygen atoms in total. The minimum absolute atomic E-state index is 0.172. The predicted molar refractivity (Wildman–Crippen MR) is 113 cm³/mol. The molecule has 0 heterocycles. The number of benzene rings is 6. The largest absolute Gasteiger partial charge is 0.206 e. The first-order chi connectivity index (χ1) is 13.3. The van der Waals surface area contributed by atoms with Crippen molar-refractivity contribution < 1.29 is 4.39 Å². The summed E-state index contributed by atoms with van der Waals surface area (Å²) in [7, 11) is 0. The molecule has 0 aliphatic carbocycles. The molecule has 0 N–H and O–H groups in total. The highest BCUT2D eigenvalue weighted by molar-refractivity contribution is 6.45. The lowest BCUT2D eigenvalue weighted by Crippen LogP contribution is -1.87. The van der Waals surface area contributed by atoms with Gasteiger partial charge in [-0.15, -0.1) is 0 Å². The summed E-state index contributed by atoms with van der Waals surface area (Å²) >= 11 is 0. The lowest BCUT2D eigenvalue weighted by Gasteiger charge is -2.12. The second-order valence-electron chi connectivity index (χ2n) is 7.48. The summed E-state index contributed by atoms with van der Waals surface area (Å²) in [6.07, 6.45) is 0. The maximum atomic E-state index is 14.7. The monoisotopic (exact) mass is 344 g/mol. The van der Waals surface area contributed by atoms with Gasteiger partial charge in [0.2, 0.25) is 0 Å². The predicted octanol–water partition coefficient (Wildman–Crippen LogP) is 7.57. The Labute approximate surface area is 154 Å². The quantitative estimate of drug-likeness (QED) is 0.269. The van der Waals surface area contributed by atoms with Crippen LogP contribution in [-0.4, -0.2) is 0 Å². The standard InChI is InChI=1S/C26H13F/c27-21-4-2-1-3-18(21)20-13-17-10-9-15-6-5-14-7-8-16-11-12-19(20)26-24(16)22(14)23(15)25(17)26/h1-13H. The minimum Gasteiger partial charge on any atom is -0.206 e. The molecule has 0 aliphatic rings. The van der Waals surface area contributed by atoms with Gasteiger partial charge in [-0.2, -0.15) is 0 Å². The molecule has 0 radical (unpaired) electrons. The maximum absolute atomic E-state index is 14.7. The van der Waals surface area contributed by atoms with Crippen LogP contribution in [-0.2, 0) is 0 Å². The van der Waals surface area contributed by atoms with E-state index in [1.54, 1.807) is 12.1 Å². The van der Waals surface area contributed by atoms with E-state index in [2.05, 4.69) is 54.6 Å². The van der Waals surface area contributed by atoms with Gasteiger partial charge in [-0.25, -0.2) is 4.39 Å². The van der Waals surface area contributed by atoms with Gasteiger partial charge >= 0.3 is 0 Å². The molecule has 7 aromatic rings.